The number of esters is 1. The Balaban J connectivity index is 1.64. The van der Waals surface area contributed by atoms with Crippen molar-refractivity contribution in [1.82, 2.24) is 0 Å². The quantitative estimate of drug-likeness (QED) is 0.445. The van der Waals surface area contributed by atoms with Gasteiger partial charge >= 0.3 is 5.97 Å². The van der Waals surface area contributed by atoms with Gasteiger partial charge in [0.05, 0.1) is 5.56 Å². The Bertz CT molecular complexity index is 908. The second-order valence-corrected chi connectivity index (χ2v) is 6.79. The maximum absolute atomic E-state index is 12.2. The van der Waals surface area contributed by atoms with Crippen molar-refractivity contribution >= 4 is 40.2 Å². The number of rotatable bonds is 5. The molecule has 130 valence electrons. The lowest BCUT2D eigenvalue weighted by Gasteiger charge is -2.11. The number of para-hydroxylation sites is 1. The fraction of sp³-hybridized carbons (Fsp3) is 0.0476. The van der Waals surface area contributed by atoms with Crippen molar-refractivity contribution in [2.75, 3.05) is 11.9 Å². The number of anilines is 1. The van der Waals surface area contributed by atoms with Crippen LogP contribution in [0.4, 0.5) is 5.69 Å². The SMILES string of the molecule is O=C(COC(=O)c1ccc(I)cc1)Nc1ccccc1-c1ccccc1. The van der Waals surface area contributed by atoms with Crippen molar-refractivity contribution < 1.29 is 14.3 Å². The number of nitrogens with one attached hydrogen (secondary N) is 1. The second kappa shape index (κ2) is 8.62. The van der Waals surface area contributed by atoms with Gasteiger partial charge in [-0.05, 0) is 58.5 Å². The summed E-state index contributed by atoms with van der Waals surface area (Å²) in [4.78, 5) is 24.2. The number of halogens is 1. The van der Waals surface area contributed by atoms with Gasteiger partial charge in [0, 0.05) is 14.8 Å². The van der Waals surface area contributed by atoms with Crippen LogP contribution < -0.4 is 5.32 Å². The van der Waals surface area contributed by atoms with E-state index >= 15 is 0 Å². The molecule has 0 aliphatic carbocycles. The summed E-state index contributed by atoms with van der Waals surface area (Å²) in [6.45, 7) is -0.339. The van der Waals surface area contributed by atoms with Crippen LogP contribution >= 0.6 is 22.6 Å². The minimum absolute atomic E-state index is 0.339. The zero-order valence-corrected chi connectivity index (χ0v) is 16.0. The van der Waals surface area contributed by atoms with Crippen molar-refractivity contribution in [1.29, 1.82) is 0 Å². The number of hydrogen-bond acceptors (Lipinski definition) is 3. The van der Waals surface area contributed by atoms with Gasteiger partial charge in [0.15, 0.2) is 6.61 Å². The van der Waals surface area contributed by atoms with Gasteiger partial charge in [-0.1, -0.05) is 48.5 Å². The molecule has 0 unspecified atom stereocenters. The van der Waals surface area contributed by atoms with Gasteiger partial charge in [0.25, 0.3) is 5.91 Å². The van der Waals surface area contributed by atoms with Crippen molar-refractivity contribution in [3.63, 3.8) is 0 Å². The fourth-order valence-electron chi connectivity index (χ4n) is 2.45. The van der Waals surface area contributed by atoms with E-state index in [9.17, 15) is 9.59 Å². The van der Waals surface area contributed by atoms with Crippen LogP contribution in [0, 0.1) is 3.57 Å². The third-order valence-corrected chi connectivity index (χ3v) is 4.42. The van der Waals surface area contributed by atoms with E-state index in [0.29, 0.717) is 11.3 Å². The van der Waals surface area contributed by atoms with Crippen LogP contribution in [0.15, 0.2) is 78.9 Å². The van der Waals surface area contributed by atoms with Crippen LogP contribution in [0.1, 0.15) is 10.4 Å². The van der Waals surface area contributed by atoms with Crippen molar-refractivity contribution in [3.05, 3.63) is 88.0 Å². The highest BCUT2D eigenvalue weighted by molar-refractivity contribution is 14.1. The van der Waals surface area contributed by atoms with Gasteiger partial charge in [-0.15, -0.1) is 0 Å². The van der Waals surface area contributed by atoms with Crippen LogP contribution in [0.2, 0.25) is 0 Å². The van der Waals surface area contributed by atoms with Gasteiger partial charge in [-0.3, -0.25) is 4.79 Å². The van der Waals surface area contributed by atoms with E-state index in [1.807, 2.05) is 66.7 Å². The van der Waals surface area contributed by atoms with E-state index in [4.69, 9.17) is 4.74 Å². The summed E-state index contributed by atoms with van der Waals surface area (Å²) >= 11 is 2.16. The first-order valence-corrected chi connectivity index (χ1v) is 9.08. The molecule has 5 heteroatoms. The highest BCUT2D eigenvalue weighted by Crippen LogP contribution is 2.27. The average molecular weight is 457 g/mol. The lowest BCUT2D eigenvalue weighted by Crippen LogP contribution is -2.21. The first-order valence-electron chi connectivity index (χ1n) is 8.00. The smallest absolute Gasteiger partial charge is 0.338 e. The first-order chi connectivity index (χ1) is 12.6. The van der Waals surface area contributed by atoms with E-state index in [0.717, 1.165) is 14.7 Å². The Kier molecular flexibility index (Phi) is 6.01. The molecule has 3 rings (SSSR count). The maximum atomic E-state index is 12.2. The zero-order chi connectivity index (χ0) is 18.4. The maximum Gasteiger partial charge on any atom is 0.338 e. The first kappa shape index (κ1) is 18.1. The lowest BCUT2D eigenvalue weighted by atomic mass is 10.0. The minimum Gasteiger partial charge on any atom is -0.452 e. The van der Waals surface area contributed by atoms with Crippen LogP contribution in [0.5, 0.6) is 0 Å². The Morgan fingerprint density at radius 2 is 1.50 bits per heavy atom. The molecule has 0 bridgehead atoms. The Morgan fingerprint density at radius 3 is 2.23 bits per heavy atom. The van der Waals surface area contributed by atoms with Gasteiger partial charge in [-0.2, -0.15) is 0 Å². The Morgan fingerprint density at radius 1 is 0.846 bits per heavy atom. The molecule has 1 N–H and O–H groups in total. The number of benzene rings is 3. The second-order valence-electron chi connectivity index (χ2n) is 5.54. The van der Waals surface area contributed by atoms with E-state index in [-0.39, 0.29) is 12.5 Å². The van der Waals surface area contributed by atoms with Gasteiger partial charge in [0.1, 0.15) is 0 Å². The molecular formula is C21H16INO3. The van der Waals surface area contributed by atoms with Crippen LogP contribution in [-0.4, -0.2) is 18.5 Å². The fourth-order valence-corrected chi connectivity index (χ4v) is 2.81. The van der Waals surface area contributed by atoms with E-state index in [1.165, 1.54) is 0 Å². The average Bonchev–Trinajstić information content (AvgIpc) is 2.68. The highest BCUT2D eigenvalue weighted by atomic mass is 127. The number of carbonyl (C=O) groups excluding carboxylic acids is 2. The molecule has 0 saturated carbocycles. The standard InChI is InChI=1S/C21H16INO3/c22-17-12-10-16(11-13-17)21(25)26-14-20(24)23-19-9-5-4-8-18(19)15-6-2-1-3-7-15/h1-13H,14H2,(H,23,24). The predicted molar refractivity (Wildman–Crippen MR) is 110 cm³/mol. The molecule has 0 fully saturated rings. The lowest BCUT2D eigenvalue weighted by molar-refractivity contribution is -0.119. The summed E-state index contributed by atoms with van der Waals surface area (Å²) in [5.74, 6) is -0.903. The van der Waals surface area contributed by atoms with E-state index < -0.39 is 5.97 Å². The topological polar surface area (TPSA) is 55.4 Å². The van der Waals surface area contributed by atoms with Gasteiger partial charge < -0.3 is 10.1 Å². The normalized spacial score (nSPS) is 10.2. The minimum atomic E-state index is -0.520. The molecule has 1 amide bonds. The number of hydrogen-bond donors (Lipinski definition) is 1. The van der Waals surface area contributed by atoms with Gasteiger partial charge in [-0.25, -0.2) is 4.79 Å². The van der Waals surface area contributed by atoms with Crippen molar-refractivity contribution in [3.8, 4) is 11.1 Å². The van der Waals surface area contributed by atoms with Crippen LogP contribution in [-0.2, 0) is 9.53 Å². The molecule has 0 atom stereocenters. The molecule has 0 radical (unpaired) electrons. The van der Waals surface area contributed by atoms with Gasteiger partial charge in [0.2, 0.25) is 0 Å². The summed E-state index contributed by atoms with van der Waals surface area (Å²) in [7, 11) is 0. The molecule has 0 aliphatic heterocycles. The molecule has 0 aromatic heterocycles. The molecule has 0 aliphatic rings. The largest absolute Gasteiger partial charge is 0.452 e. The zero-order valence-electron chi connectivity index (χ0n) is 13.8. The molecule has 3 aromatic rings. The Labute approximate surface area is 165 Å². The number of carbonyl (C=O) groups is 2. The summed E-state index contributed by atoms with van der Waals surface area (Å²) in [6, 6.07) is 24.3. The monoisotopic (exact) mass is 457 g/mol. The molecular weight excluding hydrogens is 441 g/mol. The predicted octanol–water partition coefficient (Wildman–Crippen LogP) is 4.75. The van der Waals surface area contributed by atoms with Crippen LogP contribution in [0.3, 0.4) is 0 Å². The summed E-state index contributed by atoms with van der Waals surface area (Å²) in [5, 5.41) is 2.81. The third kappa shape index (κ3) is 4.70. The Hall–Kier alpha value is -2.67. The van der Waals surface area contributed by atoms with Crippen molar-refractivity contribution in [2.24, 2.45) is 0 Å². The molecule has 0 heterocycles. The van der Waals surface area contributed by atoms with E-state index in [1.54, 1.807) is 12.1 Å². The van der Waals surface area contributed by atoms with Crippen LogP contribution in [0.25, 0.3) is 11.1 Å². The molecule has 0 saturated heterocycles. The summed E-state index contributed by atoms with van der Waals surface area (Å²) in [6.07, 6.45) is 0. The summed E-state index contributed by atoms with van der Waals surface area (Å²) < 4.78 is 6.12. The molecule has 26 heavy (non-hydrogen) atoms. The molecule has 0 spiro atoms. The van der Waals surface area contributed by atoms with E-state index in [2.05, 4.69) is 27.9 Å². The number of ether oxygens (including phenoxy) is 1. The molecule has 3 aromatic carbocycles. The van der Waals surface area contributed by atoms with Crippen molar-refractivity contribution in [2.45, 2.75) is 0 Å². The number of amides is 1. The third-order valence-electron chi connectivity index (χ3n) is 3.70. The molecule has 4 nitrogen and oxygen atoms in total. The summed E-state index contributed by atoms with van der Waals surface area (Å²) in [5.41, 5.74) is 3.00. The highest BCUT2D eigenvalue weighted by Gasteiger charge is 2.12.